The molecule has 3 rings (SSSR count). The van der Waals surface area contributed by atoms with Crippen LogP contribution in [-0.2, 0) is 28.8 Å². The summed E-state index contributed by atoms with van der Waals surface area (Å²) >= 11 is 1.46. The van der Waals surface area contributed by atoms with Gasteiger partial charge in [-0.3, -0.25) is 4.79 Å². The first-order valence-corrected chi connectivity index (χ1v) is 12.3. The van der Waals surface area contributed by atoms with E-state index in [1.54, 1.807) is 12.1 Å². The number of hydrogen-bond donors (Lipinski definition) is 1. The van der Waals surface area contributed by atoms with Crippen LogP contribution in [0.15, 0.2) is 66.0 Å². The third kappa shape index (κ3) is 8.57. The first-order valence-electron chi connectivity index (χ1n) is 11.4. The largest absolute Gasteiger partial charge is 0.418 e. The summed E-state index contributed by atoms with van der Waals surface area (Å²) in [5.74, 6) is -0.811. The number of alkyl halides is 3. The van der Waals surface area contributed by atoms with Crippen molar-refractivity contribution in [3.63, 3.8) is 0 Å². The fourth-order valence-electron chi connectivity index (χ4n) is 3.58. The Morgan fingerprint density at radius 3 is 2.35 bits per heavy atom. The highest BCUT2D eigenvalue weighted by Crippen LogP contribution is 2.34. The van der Waals surface area contributed by atoms with Crippen LogP contribution in [0, 0.1) is 5.82 Å². The van der Waals surface area contributed by atoms with E-state index in [9.17, 15) is 27.2 Å². The van der Waals surface area contributed by atoms with E-state index < -0.39 is 35.2 Å². The maximum absolute atomic E-state index is 13.4. The number of rotatable bonds is 11. The van der Waals surface area contributed by atoms with E-state index in [-0.39, 0.29) is 26.2 Å². The van der Waals surface area contributed by atoms with Crippen LogP contribution in [0.25, 0.3) is 0 Å². The summed E-state index contributed by atoms with van der Waals surface area (Å²) in [5.41, 5.74) is -0.686. The van der Waals surface area contributed by atoms with E-state index in [0.29, 0.717) is 18.6 Å². The minimum atomic E-state index is -4.66. The average Bonchev–Trinajstić information content (AvgIpc) is 3.37. The first-order chi connectivity index (χ1) is 17.7. The number of anilines is 1. The Kier molecular flexibility index (Phi) is 10.0. The van der Waals surface area contributed by atoms with E-state index >= 15 is 0 Å². The third-order valence-corrected chi connectivity index (χ3v) is 6.29. The normalized spacial score (nSPS) is 11.3. The predicted octanol–water partition coefficient (Wildman–Crippen LogP) is 6.01. The molecule has 0 saturated carbocycles. The lowest BCUT2D eigenvalue weighted by Gasteiger charge is -2.28. The van der Waals surface area contributed by atoms with Crippen LogP contribution in [-0.4, -0.2) is 48.5 Å². The Hall–Kier alpha value is -3.44. The van der Waals surface area contributed by atoms with Gasteiger partial charge in [-0.15, -0.1) is 11.3 Å². The molecule has 0 spiro atoms. The van der Waals surface area contributed by atoms with Crippen molar-refractivity contribution in [1.82, 2.24) is 9.80 Å². The zero-order chi connectivity index (χ0) is 26.8. The van der Waals surface area contributed by atoms with Crippen LogP contribution in [0.3, 0.4) is 0 Å². The molecule has 0 aliphatic rings. The van der Waals surface area contributed by atoms with Gasteiger partial charge < -0.3 is 19.9 Å². The molecule has 1 N–H and O–H groups in total. The van der Waals surface area contributed by atoms with Crippen molar-refractivity contribution in [2.75, 3.05) is 32.1 Å². The van der Waals surface area contributed by atoms with Gasteiger partial charge in [-0.1, -0.05) is 30.3 Å². The second-order valence-corrected chi connectivity index (χ2v) is 9.23. The topological polar surface area (TPSA) is 61.9 Å². The molecule has 11 heteroatoms. The molecule has 0 aliphatic heterocycles. The summed E-state index contributed by atoms with van der Waals surface area (Å²) in [5, 5.41) is 4.18. The highest BCUT2D eigenvalue weighted by atomic mass is 32.1. The molecule has 1 heterocycles. The monoisotopic (exact) mass is 537 g/mol. The van der Waals surface area contributed by atoms with Gasteiger partial charge in [0.05, 0.1) is 17.8 Å². The number of hydrogen-bond acceptors (Lipinski definition) is 4. The van der Waals surface area contributed by atoms with Gasteiger partial charge in [0.2, 0.25) is 5.91 Å². The van der Waals surface area contributed by atoms with Crippen molar-refractivity contribution in [3.8, 4) is 0 Å². The second kappa shape index (κ2) is 13.2. The fourth-order valence-corrected chi connectivity index (χ4v) is 4.30. The molecule has 1 aromatic heterocycles. The van der Waals surface area contributed by atoms with Crippen LogP contribution in [0.5, 0.6) is 0 Å². The lowest BCUT2D eigenvalue weighted by Crippen LogP contribution is -2.44. The van der Waals surface area contributed by atoms with Gasteiger partial charge in [0, 0.05) is 31.7 Å². The minimum absolute atomic E-state index is 0.0863. The maximum Gasteiger partial charge on any atom is 0.418 e. The van der Waals surface area contributed by atoms with Crippen molar-refractivity contribution >= 4 is 29.0 Å². The number of nitrogens with one attached hydrogen (secondary N) is 1. The molecular formula is C26H27F4N3O3S. The molecule has 0 saturated heterocycles. The lowest BCUT2D eigenvalue weighted by atomic mass is 10.1. The molecule has 0 bridgehead atoms. The van der Waals surface area contributed by atoms with E-state index in [4.69, 9.17) is 4.74 Å². The first kappa shape index (κ1) is 28.1. The number of amides is 3. The molecular weight excluding hydrogens is 510 g/mol. The van der Waals surface area contributed by atoms with E-state index in [1.165, 1.54) is 52.5 Å². The number of methoxy groups -OCH3 is 1. The third-order valence-electron chi connectivity index (χ3n) is 5.43. The van der Waals surface area contributed by atoms with Gasteiger partial charge >= 0.3 is 12.2 Å². The number of para-hydroxylation sites is 1. The summed E-state index contributed by atoms with van der Waals surface area (Å²) in [6.07, 6.45) is -4.28. The predicted molar refractivity (Wildman–Crippen MR) is 134 cm³/mol. The molecule has 0 radical (unpaired) electrons. The van der Waals surface area contributed by atoms with E-state index in [2.05, 4.69) is 5.32 Å². The summed E-state index contributed by atoms with van der Waals surface area (Å²) in [6.45, 7) is 0.449. The molecule has 3 amide bonds. The van der Waals surface area contributed by atoms with Crippen molar-refractivity contribution < 1.29 is 31.9 Å². The molecule has 6 nitrogen and oxygen atoms in total. The summed E-state index contributed by atoms with van der Waals surface area (Å²) in [4.78, 5) is 30.0. The molecule has 0 atom stereocenters. The second-order valence-electron chi connectivity index (χ2n) is 8.20. The highest BCUT2D eigenvalue weighted by Gasteiger charge is 2.34. The number of carbonyl (C=O) groups is 2. The Labute approximate surface area is 216 Å². The van der Waals surface area contributed by atoms with Crippen molar-refractivity contribution in [3.05, 3.63) is 87.9 Å². The van der Waals surface area contributed by atoms with E-state index in [1.807, 2.05) is 17.5 Å². The zero-order valence-electron chi connectivity index (χ0n) is 20.1. The molecule has 0 fully saturated rings. The van der Waals surface area contributed by atoms with Crippen LogP contribution >= 0.6 is 11.3 Å². The summed E-state index contributed by atoms with van der Waals surface area (Å²) in [6, 6.07) is 13.3. The fraction of sp³-hybridized carbons (Fsp3) is 0.308. The maximum atomic E-state index is 13.4. The number of carbonyl (C=O) groups excluding carboxylic acids is 2. The van der Waals surface area contributed by atoms with Gasteiger partial charge in [-0.25, -0.2) is 9.18 Å². The van der Waals surface area contributed by atoms with Crippen molar-refractivity contribution in [2.24, 2.45) is 0 Å². The minimum Gasteiger partial charge on any atom is -0.385 e. The Balaban J connectivity index is 1.80. The van der Waals surface area contributed by atoms with Gasteiger partial charge in [0.15, 0.2) is 0 Å². The average molecular weight is 538 g/mol. The number of thiophene rings is 1. The van der Waals surface area contributed by atoms with Crippen LogP contribution < -0.4 is 5.32 Å². The number of halogens is 4. The SMILES string of the molecule is COCCCN(CC(=O)N(Cc1ccc(F)cc1)Cc1cccs1)C(=O)Nc1ccccc1C(F)(F)F. The molecule has 2 aromatic carbocycles. The molecule has 198 valence electrons. The molecule has 3 aromatic rings. The number of urea groups is 1. The Morgan fingerprint density at radius 1 is 0.973 bits per heavy atom. The summed E-state index contributed by atoms with van der Waals surface area (Å²) in [7, 11) is 1.49. The van der Waals surface area contributed by atoms with Crippen LogP contribution in [0.2, 0.25) is 0 Å². The van der Waals surface area contributed by atoms with Crippen LogP contribution in [0.4, 0.5) is 28.0 Å². The number of nitrogens with zero attached hydrogens (tertiary/aromatic N) is 2. The van der Waals surface area contributed by atoms with Crippen molar-refractivity contribution in [2.45, 2.75) is 25.7 Å². The highest BCUT2D eigenvalue weighted by molar-refractivity contribution is 7.09. The smallest absolute Gasteiger partial charge is 0.385 e. The van der Waals surface area contributed by atoms with Gasteiger partial charge in [0.1, 0.15) is 12.4 Å². The Bertz CT molecular complexity index is 1150. The molecule has 37 heavy (non-hydrogen) atoms. The number of benzene rings is 2. The summed E-state index contributed by atoms with van der Waals surface area (Å²) < 4.78 is 58.6. The van der Waals surface area contributed by atoms with E-state index in [0.717, 1.165) is 17.0 Å². The zero-order valence-corrected chi connectivity index (χ0v) is 20.9. The Morgan fingerprint density at radius 2 is 1.70 bits per heavy atom. The number of ether oxygens (including phenoxy) is 1. The van der Waals surface area contributed by atoms with Crippen LogP contribution in [0.1, 0.15) is 22.4 Å². The lowest BCUT2D eigenvalue weighted by molar-refractivity contribution is -0.137. The van der Waals surface area contributed by atoms with Gasteiger partial charge in [0.25, 0.3) is 0 Å². The van der Waals surface area contributed by atoms with Gasteiger partial charge in [-0.05, 0) is 47.7 Å². The van der Waals surface area contributed by atoms with Crippen molar-refractivity contribution in [1.29, 1.82) is 0 Å². The molecule has 0 aliphatic carbocycles. The standard InChI is InChI=1S/C26H27F4N3O3S/c1-36-14-5-13-32(25(35)31-23-8-3-2-7-22(23)26(28,29)30)18-24(34)33(17-21-6-4-15-37-21)16-19-9-11-20(27)12-10-19/h2-4,6-12,15H,5,13-14,16-18H2,1H3,(H,31,35). The molecule has 0 unspecified atom stereocenters. The van der Waals surface area contributed by atoms with Gasteiger partial charge in [-0.2, -0.15) is 13.2 Å². The quantitative estimate of drug-likeness (QED) is 0.241.